The monoisotopic (exact) mass is 276 g/mol. The van der Waals surface area contributed by atoms with Crippen LogP contribution in [0.15, 0.2) is 23.8 Å². The van der Waals surface area contributed by atoms with Crippen LogP contribution >= 0.6 is 11.3 Å². The molecule has 100 valence electrons. The van der Waals surface area contributed by atoms with E-state index in [0.717, 1.165) is 30.9 Å². The number of likely N-dealkylation sites (tertiary alicyclic amines) is 1. The number of rotatable bonds is 2. The van der Waals surface area contributed by atoms with E-state index in [0.29, 0.717) is 5.69 Å². The lowest BCUT2D eigenvalue weighted by atomic mass is 10.1. The van der Waals surface area contributed by atoms with Crippen LogP contribution in [0.2, 0.25) is 0 Å². The molecule has 1 fully saturated rings. The Morgan fingerprint density at radius 1 is 1.53 bits per heavy atom. The van der Waals surface area contributed by atoms with Crippen molar-refractivity contribution in [2.24, 2.45) is 0 Å². The Balaban J connectivity index is 1.73. The van der Waals surface area contributed by atoms with E-state index in [2.05, 4.69) is 10.1 Å². The van der Waals surface area contributed by atoms with Gasteiger partial charge in [-0.25, -0.2) is 4.98 Å². The molecule has 3 heterocycles. The Morgan fingerprint density at radius 3 is 3.11 bits per heavy atom. The van der Waals surface area contributed by atoms with E-state index in [1.165, 1.54) is 11.3 Å². The molecule has 0 saturated carbocycles. The van der Waals surface area contributed by atoms with Gasteiger partial charge >= 0.3 is 0 Å². The third-order valence-electron chi connectivity index (χ3n) is 3.42. The van der Waals surface area contributed by atoms with Crippen LogP contribution in [-0.4, -0.2) is 38.7 Å². The number of piperidine rings is 1. The lowest BCUT2D eigenvalue weighted by Gasteiger charge is -2.32. The van der Waals surface area contributed by atoms with Crippen molar-refractivity contribution in [3.8, 4) is 0 Å². The third kappa shape index (κ3) is 2.53. The van der Waals surface area contributed by atoms with Gasteiger partial charge in [0, 0.05) is 30.9 Å². The van der Waals surface area contributed by atoms with E-state index in [4.69, 9.17) is 0 Å². The van der Waals surface area contributed by atoms with E-state index in [1.54, 1.807) is 6.20 Å². The number of thiazole rings is 1. The van der Waals surface area contributed by atoms with Crippen molar-refractivity contribution in [2.45, 2.75) is 25.8 Å². The molecule has 1 atom stereocenters. The second kappa shape index (κ2) is 5.13. The average Bonchev–Trinajstić information content (AvgIpc) is 3.09. The molecule has 1 aliphatic rings. The third-order valence-corrected chi connectivity index (χ3v) is 4.19. The predicted octanol–water partition coefficient (Wildman–Crippen LogP) is 2.13. The molecule has 1 amide bonds. The van der Waals surface area contributed by atoms with Crippen LogP contribution in [0.3, 0.4) is 0 Å². The minimum absolute atomic E-state index is 0.0428. The normalized spacial score (nSPS) is 19.6. The van der Waals surface area contributed by atoms with Crippen molar-refractivity contribution in [3.05, 3.63) is 34.5 Å². The molecule has 6 heteroatoms. The molecular weight excluding hydrogens is 260 g/mol. The highest BCUT2D eigenvalue weighted by atomic mass is 32.1. The van der Waals surface area contributed by atoms with Gasteiger partial charge in [0.25, 0.3) is 5.91 Å². The molecule has 0 N–H and O–H groups in total. The molecule has 0 aromatic carbocycles. The summed E-state index contributed by atoms with van der Waals surface area (Å²) in [6, 6.07) is 2.21. The van der Waals surface area contributed by atoms with Crippen LogP contribution in [0.5, 0.6) is 0 Å². The number of aryl methyl sites for hydroxylation is 1. The summed E-state index contributed by atoms with van der Waals surface area (Å²) < 4.78 is 1.95. The minimum atomic E-state index is 0.0428. The SMILES string of the molecule is Cc1nc(C(=O)N2CCCC(n3cccn3)C2)cs1. The number of nitrogens with zero attached hydrogens (tertiary/aromatic N) is 4. The molecule has 1 aliphatic heterocycles. The number of carbonyl (C=O) groups excluding carboxylic acids is 1. The quantitative estimate of drug-likeness (QED) is 0.844. The smallest absolute Gasteiger partial charge is 0.273 e. The zero-order valence-electron chi connectivity index (χ0n) is 10.8. The van der Waals surface area contributed by atoms with Gasteiger partial charge < -0.3 is 4.90 Å². The van der Waals surface area contributed by atoms with Crippen molar-refractivity contribution < 1.29 is 4.79 Å². The standard InChI is InChI=1S/C13H16N4OS/c1-10-15-12(9-19-10)13(18)16-6-2-4-11(8-16)17-7-3-5-14-17/h3,5,7,9,11H,2,4,6,8H2,1H3. The van der Waals surface area contributed by atoms with Crippen LogP contribution in [-0.2, 0) is 0 Å². The second-order valence-corrected chi connectivity index (χ2v) is 5.85. The summed E-state index contributed by atoms with van der Waals surface area (Å²) in [4.78, 5) is 18.5. The molecule has 5 nitrogen and oxygen atoms in total. The van der Waals surface area contributed by atoms with Crippen LogP contribution in [0, 0.1) is 6.92 Å². The molecule has 19 heavy (non-hydrogen) atoms. The van der Waals surface area contributed by atoms with Crippen molar-refractivity contribution in [2.75, 3.05) is 13.1 Å². The van der Waals surface area contributed by atoms with Gasteiger partial charge in [-0.2, -0.15) is 5.10 Å². The van der Waals surface area contributed by atoms with Gasteiger partial charge in [-0.05, 0) is 25.8 Å². The van der Waals surface area contributed by atoms with Gasteiger partial charge in [0.05, 0.1) is 11.0 Å². The molecule has 0 bridgehead atoms. The fourth-order valence-electron chi connectivity index (χ4n) is 2.48. The molecule has 1 saturated heterocycles. The number of hydrogen-bond donors (Lipinski definition) is 0. The Bertz CT molecular complexity index is 563. The van der Waals surface area contributed by atoms with E-state index in [9.17, 15) is 4.79 Å². The van der Waals surface area contributed by atoms with Gasteiger partial charge in [-0.3, -0.25) is 9.48 Å². The molecule has 2 aromatic rings. The number of aromatic nitrogens is 3. The van der Waals surface area contributed by atoms with Crippen molar-refractivity contribution in [3.63, 3.8) is 0 Å². The number of carbonyl (C=O) groups is 1. The zero-order valence-corrected chi connectivity index (χ0v) is 11.6. The molecule has 0 aliphatic carbocycles. The second-order valence-electron chi connectivity index (χ2n) is 4.79. The van der Waals surface area contributed by atoms with Gasteiger partial charge in [-0.15, -0.1) is 11.3 Å². The Labute approximate surface area is 115 Å². The highest BCUT2D eigenvalue weighted by molar-refractivity contribution is 7.09. The van der Waals surface area contributed by atoms with Gasteiger partial charge in [0.2, 0.25) is 0 Å². The Kier molecular flexibility index (Phi) is 3.33. The first-order valence-corrected chi connectivity index (χ1v) is 7.32. The zero-order chi connectivity index (χ0) is 13.2. The van der Waals surface area contributed by atoms with Gasteiger partial charge in [0.15, 0.2) is 0 Å². The Morgan fingerprint density at radius 2 is 2.42 bits per heavy atom. The van der Waals surface area contributed by atoms with E-state index in [-0.39, 0.29) is 11.9 Å². The van der Waals surface area contributed by atoms with Crippen LogP contribution in [0.1, 0.15) is 34.4 Å². The van der Waals surface area contributed by atoms with Crippen LogP contribution in [0.25, 0.3) is 0 Å². The van der Waals surface area contributed by atoms with Crippen LogP contribution < -0.4 is 0 Å². The van der Waals surface area contributed by atoms with E-state index < -0.39 is 0 Å². The topological polar surface area (TPSA) is 51.0 Å². The molecule has 1 unspecified atom stereocenters. The maximum Gasteiger partial charge on any atom is 0.273 e. The maximum absolute atomic E-state index is 12.4. The van der Waals surface area contributed by atoms with E-state index in [1.807, 2.05) is 34.1 Å². The summed E-state index contributed by atoms with van der Waals surface area (Å²) in [7, 11) is 0. The molecular formula is C13H16N4OS. The molecule has 2 aromatic heterocycles. The predicted molar refractivity (Wildman–Crippen MR) is 73.3 cm³/mol. The largest absolute Gasteiger partial charge is 0.335 e. The van der Waals surface area contributed by atoms with E-state index >= 15 is 0 Å². The first-order valence-electron chi connectivity index (χ1n) is 6.44. The fourth-order valence-corrected chi connectivity index (χ4v) is 3.06. The summed E-state index contributed by atoms with van der Waals surface area (Å²) >= 11 is 1.52. The first-order chi connectivity index (χ1) is 9.24. The molecule has 0 radical (unpaired) electrons. The number of amides is 1. The summed E-state index contributed by atoms with van der Waals surface area (Å²) in [6.07, 6.45) is 5.83. The summed E-state index contributed by atoms with van der Waals surface area (Å²) in [5, 5.41) is 7.05. The van der Waals surface area contributed by atoms with Crippen molar-refractivity contribution in [1.29, 1.82) is 0 Å². The molecule has 0 spiro atoms. The average molecular weight is 276 g/mol. The van der Waals surface area contributed by atoms with Gasteiger partial charge in [-0.1, -0.05) is 0 Å². The summed E-state index contributed by atoms with van der Waals surface area (Å²) in [6.45, 7) is 3.45. The summed E-state index contributed by atoms with van der Waals surface area (Å²) in [5.41, 5.74) is 0.573. The Hall–Kier alpha value is -1.69. The number of hydrogen-bond acceptors (Lipinski definition) is 4. The highest BCUT2D eigenvalue weighted by Crippen LogP contribution is 2.22. The fraction of sp³-hybridized carbons (Fsp3) is 0.462. The minimum Gasteiger partial charge on any atom is -0.335 e. The van der Waals surface area contributed by atoms with Crippen molar-refractivity contribution in [1.82, 2.24) is 19.7 Å². The van der Waals surface area contributed by atoms with Gasteiger partial charge in [0.1, 0.15) is 5.69 Å². The maximum atomic E-state index is 12.4. The lowest BCUT2D eigenvalue weighted by molar-refractivity contribution is 0.0667. The van der Waals surface area contributed by atoms with Crippen molar-refractivity contribution >= 4 is 17.2 Å². The first kappa shape index (κ1) is 12.3. The lowest BCUT2D eigenvalue weighted by Crippen LogP contribution is -2.41. The highest BCUT2D eigenvalue weighted by Gasteiger charge is 2.26. The molecule has 3 rings (SSSR count). The summed E-state index contributed by atoms with van der Waals surface area (Å²) in [5.74, 6) is 0.0428. The van der Waals surface area contributed by atoms with Crippen LogP contribution in [0.4, 0.5) is 0 Å².